The first-order valence-corrected chi connectivity index (χ1v) is 10.7. The van der Waals surface area contributed by atoms with Gasteiger partial charge in [0.15, 0.2) is 0 Å². The molecule has 0 spiro atoms. The number of nitrogens with one attached hydrogen (secondary N) is 1. The zero-order valence-corrected chi connectivity index (χ0v) is 16.8. The van der Waals surface area contributed by atoms with Crippen molar-refractivity contribution in [1.82, 2.24) is 14.8 Å². The lowest BCUT2D eigenvalue weighted by Gasteiger charge is -2.34. The van der Waals surface area contributed by atoms with Gasteiger partial charge in [-0.25, -0.2) is 0 Å². The number of likely N-dealkylation sites (tertiary alicyclic amines) is 1. The lowest BCUT2D eigenvalue weighted by Crippen LogP contribution is -2.50. The van der Waals surface area contributed by atoms with Crippen LogP contribution in [0.1, 0.15) is 24.1 Å². The van der Waals surface area contributed by atoms with E-state index in [1.807, 2.05) is 35.2 Å². The Kier molecular flexibility index (Phi) is 5.08. The first kappa shape index (κ1) is 18.4. The Balaban J connectivity index is 1.24. The highest BCUT2D eigenvalue weighted by atomic mass is 16.2. The fourth-order valence-electron chi connectivity index (χ4n) is 4.60. The highest BCUT2D eigenvalue weighted by Crippen LogP contribution is 2.22. The van der Waals surface area contributed by atoms with Crippen LogP contribution in [-0.2, 0) is 17.9 Å². The normalized spacial score (nSPS) is 18.8. The SMILES string of the molecule is O=C1CN(Cc2ccc3[nH]c(CN4CCCC4)cc3c2)CCN1c1ccccc1. The predicted octanol–water partition coefficient (Wildman–Crippen LogP) is 3.61. The monoisotopic (exact) mass is 388 g/mol. The van der Waals surface area contributed by atoms with Gasteiger partial charge < -0.3 is 9.88 Å². The number of carbonyl (C=O) groups excluding carboxylic acids is 1. The fourth-order valence-corrected chi connectivity index (χ4v) is 4.60. The lowest BCUT2D eigenvalue weighted by atomic mass is 10.1. The van der Waals surface area contributed by atoms with E-state index >= 15 is 0 Å². The molecule has 5 heteroatoms. The number of anilines is 1. The van der Waals surface area contributed by atoms with Crippen molar-refractivity contribution in [1.29, 1.82) is 0 Å². The van der Waals surface area contributed by atoms with E-state index in [1.165, 1.54) is 48.1 Å². The van der Waals surface area contributed by atoms with E-state index in [-0.39, 0.29) is 5.91 Å². The van der Waals surface area contributed by atoms with Gasteiger partial charge in [0.25, 0.3) is 0 Å². The third-order valence-corrected chi connectivity index (χ3v) is 6.11. The van der Waals surface area contributed by atoms with Crippen molar-refractivity contribution in [3.63, 3.8) is 0 Å². The van der Waals surface area contributed by atoms with E-state index < -0.39 is 0 Å². The Hall–Kier alpha value is -2.63. The third kappa shape index (κ3) is 4.07. The molecule has 1 aromatic heterocycles. The third-order valence-electron chi connectivity index (χ3n) is 6.11. The molecule has 0 bridgehead atoms. The number of hydrogen-bond donors (Lipinski definition) is 1. The molecule has 3 heterocycles. The standard InChI is InChI=1S/C24H28N4O/c29-24-18-27(12-13-28(24)22-6-2-1-3-7-22)16-19-8-9-23-20(14-19)15-21(25-23)17-26-10-4-5-11-26/h1-3,6-9,14-15,25H,4-5,10-13,16-18H2. The maximum absolute atomic E-state index is 12.7. The summed E-state index contributed by atoms with van der Waals surface area (Å²) < 4.78 is 0. The number of carbonyl (C=O) groups is 1. The minimum absolute atomic E-state index is 0.179. The molecule has 2 saturated heterocycles. The molecule has 0 unspecified atom stereocenters. The average Bonchev–Trinajstić information content (AvgIpc) is 3.38. The van der Waals surface area contributed by atoms with Crippen LogP contribution in [0.25, 0.3) is 10.9 Å². The number of benzene rings is 2. The van der Waals surface area contributed by atoms with Gasteiger partial charge in [-0.15, -0.1) is 0 Å². The van der Waals surface area contributed by atoms with Gasteiger partial charge >= 0.3 is 0 Å². The quantitative estimate of drug-likeness (QED) is 0.726. The van der Waals surface area contributed by atoms with Gasteiger partial charge in [0.05, 0.1) is 6.54 Å². The van der Waals surface area contributed by atoms with Crippen molar-refractivity contribution >= 4 is 22.5 Å². The number of aromatic amines is 1. The van der Waals surface area contributed by atoms with Crippen LogP contribution in [0.4, 0.5) is 5.69 Å². The number of H-pyrrole nitrogens is 1. The molecule has 2 aromatic carbocycles. The van der Waals surface area contributed by atoms with E-state index in [9.17, 15) is 4.79 Å². The Morgan fingerprint density at radius 1 is 0.828 bits per heavy atom. The highest BCUT2D eigenvalue weighted by molar-refractivity contribution is 5.95. The van der Waals surface area contributed by atoms with Crippen LogP contribution in [0.3, 0.4) is 0 Å². The maximum atomic E-state index is 12.7. The molecule has 0 saturated carbocycles. The second-order valence-electron chi connectivity index (χ2n) is 8.29. The number of para-hydroxylation sites is 1. The molecule has 150 valence electrons. The van der Waals surface area contributed by atoms with Crippen molar-refractivity contribution < 1.29 is 4.79 Å². The molecular weight excluding hydrogens is 360 g/mol. The van der Waals surface area contributed by atoms with Crippen LogP contribution in [0.15, 0.2) is 54.6 Å². The topological polar surface area (TPSA) is 42.6 Å². The first-order chi connectivity index (χ1) is 14.2. The van der Waals surface area contributed by atoms with E-state index in [0.717, 1.165) is 31.9 Å². The van der Waals surface area contributed by atoms with Crippen molar-refractivity contribution in [3.8, 4) is 0 Å². The van der Waals surface area contributed by atoms with E-state index in [1.54, 1.807) is 0 Å². The van der Waals surface area contributed by atoms with Gasteiger partial charge in [0.2, 0.25) is 5.91 Å². The van der Waals surface area contributed by atoms with Crippen molar-refractivity contribution in [3.05, 3.63) is 65.9 Å². The number of aromatic nitrogens is 1. The maximum Gasteiger partial charge on any atom is 0.241 e. The summed E-state index contributed by atoms with van der Waals surface area (Å²) in [6, 6.07) is 18.9. The number of fused-ring (bicyclic) bond motifs is 1. The molecule has 5 nitrogen and oxygen atoms in total. The Bertz CT molecular complexity index is 991. The number of amides is 1. The highest BCUT2D eigenvalue weighted by Gasteiger charge is 2.25. The molecule has 2 fully saturated rings. The molecule has 1 N–H and O–H groups in total. The summed E-state index contributed by atoms with van der Waals surface area (Å²) >= 11 is 0. The number of rotatable bonds is 5. The lowest BCUT2D eigenvalue weighted by molar-refractivity contribution is -0.121. The van der Waals surface area contributed by atoms with E-state index in [0.29, 0.717) is 6.54 Å². The van der Waals surface area contributed by atoms with Gasteiger partial charge in [-0.1, -0.05) is 24.3 Å². The summed E-state index contributed by atoms with van der Waals surface area (Å²) in [5.41, 5.74) is 4.76. The second-order valence-corrected chi connectivity index (χ2v) is 8.29. The van der Waals surface area contributed by atoms with Gasteiger partial charge in [0.1, 0.15) is 0 Å². The molecule has 29 heavy (non-hydrogen) atoms. The van der Waals surface area contributed by atoms with E-state index in [4.69, 9.17) is 0 Å². The summed E-state index contributed by atoms with van der Waals surface area (Å²) in [7, 11) is 0. The summed E-state index contributed by atoms with van der Waals surface area (Å²) in [6.45, 7) is 6.37. The largest absolute Gasteiger partial charge is 0.357 e. The first-order valence-electron chi connectivity index (χ1n) is 10.7. The van der Waals surface area contributed by atoms with Gasteiger partial charge in [0, 0.05) is 48.5 Å². The minimum atomic E-state index is 0.179. The Morgan fingerprint density at radius 3 is 2.45 bits per heavy atom. The zero-order chi connectivity index (χ0) is 19.6. The number of nitrogens with zero attached hydrogens (tertiary/aromatic N) is 3. The van der Waals surface area contributed by atoms with Gasteiger partial charge in [-0.2, -0.15) is 0 Å². The molecule has 2 aliphatic rings. The average molecular weight is 389 g/mol. The summed E-state index contributed by atoms with van der Waals surface area (Å²) in [6.07, 6.45) is 2.64. The molecule has 0 radical (unpaired) electrons. The molecule has 2 aliphatic heterocycles. The predicted molar refractivity (Wildman–Crippen MR) is 117 cm³/mol. The number of piperazine rings is 1. The molecule has 5 rings (SSSR count). The Labute approximate surface area is 171 Å². The summed E-state index contributed by atoms with van der Waals surface area (Å²) in [5, 5.41) is 1.27. The molecule has 0 atom stereocenters. The van der Waals surface area contributed by atoms with Crippen molar-refractivity contribution in [2.24, 2.45) is 0 Å². The smallest absolute Gasteiger partial charge is 0.241 e. The number of hydrogen-bond acceptors (Lipinski definition) is 3. The second kappa shape index (κ2) is 8.01. The van der Waals surface area contributed by atoms with Crippen LogP contribution in [0.5, 0.6) is 0 Å². The summed E-state index contributed by atoms with van der Waals surface area (Å²) in [4.78, 5) is 22.9. The van der Waals surface area contributed by atoms with E-state index in [2.05, 4.69) is 39.0 Å². The van der Waals surface area contributed by atoms with Gasteiger partial charge in [-0.3, -0.25) is 14.6 Å². The Morgan fingerprint density at radius 2 is 1.66 bits per heavy atom. The molecule has 1 amide bonds. The van der Waals surface area contributed by atoms with Crippen LogP contribution < -0.4 is 4.90 Å². The van der Waals surface area contributed by atoms with Crippen molar-refractivity contribution in [2.45, 2.75) is 25.9 Å². The van der Waals surface area contributed by atoms with Crippen LogP contribution >= 0.6 is 0 Å². The zero-order valence-electron chi connectivity index (χ0n) is 16.8. The van der Waals surface area contributed by atoms with Crippen LogP contribution in [0.2, 0.25) is 0 Å². The molecule has 3 aromatic rings. The van der Waals surface area contributed by atoms with Crippen molar-refractivity contribution in [2.75, 3.05) is 37.6 Å². The molecule has 0 aliphatic carbocycles. The van der Waals surface area contributed by atoms with Crippen LogP contribution in [0, 0.1) is 0 Å². The fraction of sp³-hybridized carbons (Fsp3) is 0.375. The minimum Gasteiger partial charge on any atom is -0.357 e. The molecular formula is C24H28N4O. The van der Waals surface area contributed by atoms with Gasteiger partial charge in [-0.05, 0) is 61.8 Å². The summed E-state index contributed by atoms with van der Waals surface area (Å²) in [5.74, 6) is 0.179. The van der Waals surface area contributed by atoms with Crippen LogP contribution in [-0.4, -0.2) is 53.4 Å².